The molecule has 2 aromatic heterocycles. The van der Waals surface area contributed by atoms with Gasteiger partial charge in [-0.3, -0.25) is 4.79 Å². The third-order valence-corrected chi connectivity index (χ3v) is 4.65. The molecular weight excluding hydrogens is 391 g/mol. The number of aliphatic carboxylic acids is 1. The van der Waals surface area contributed by atoms with E-state index in [1.54, 1.807) is 16.0 Å². The average molecular weight is 406 g/mol. The summed E-state index contributed by atoms with van der Waals surface area (Å²) in [4.78, 5) is 11.3. The van der Waals surface area contributed by atoms with E-state index in [2.05, 4.69) is 38.1 Å². The summed E-state index contributed by atoms with van der Waals surface area (Å²) >= 11 is 3.84. The lowest BCUT2D eigenvalue weighted by Crippen LogP contribution is -2.23. The first-order chi connectivity index (χ1) is 9.47. The molecule has 0 radical (unpaired) electrons. The van der Waals surface area contributed by atoms with E-state index in [9.17, 15) is 9.90 Å². The molecule has 0 saturated carbocycles. The maximum Gasteiger partial charge on any atom is 0.308 e. The Morgan fingerprint density at radius 3 is 2.85 bits per heavy atom. The molecule has 1 N–H and O–H groups in total. The van der Waals surface area contributed by atoms with Gasteiger partial charge >= 0.3 is 5.97 Å². The number of nitrogens with zero attached hydrogens (tertiary/aromatic N) is 4. The lowest BCUT2D eigenvalue weighted by molar-refractivity contribution is -0.142. The number of hydrogen-bond acceptors (Lipinski definition) is 5. The summed E-state index contributed by atoms with van der Waals surface area (Å²) in [5.41, 5.74) is 0.929. The highest BCUT2D eigenvalue weighted by molar-refractivity contribution is 14.1. The Balaban J connectivity index is 2.21. The molecule has 0 bridgehead atoms. The number of carboxylic acid groups (broad SMARTS) is 1. The summed E-state index contributed by atoms with van der Waals surface area (Å²) in [7, 11) is 0. The van der Waals surface area contributed by atoms with Gasteiger partial charge in [0.25, 0.3) is 0 Å². The van der Waals surface area contributed by atoms with Crippen molar-refractivity contribution in [1.29, 1.82) is 0 Å². The van der Waals surface area contributed by atoms with Crippen LogP contribution in [0.3, 0.4) is 0 Å². The molecule has 2 heterocycles. The fourth-order valence-corrected chi connectivity index (χ4v) is 3.32. The van der Waals surface area contributed by atoms with Gasteiger partial charge in [0.1, 0.15) is 0 Å². The lowest BCUT2D eigenvalue weighted by Gasteiger charge is -2.14. The molecule has 2 rings (SSSR count). The van der Waals surface area contributed by atoms with Gasteiger partial charge in [-0.1, -0.05) is 13.8 Å². The van der Waals surface area contributed by atoms with Gasteiger partial charge in [-0.25, -0.2) is 4.68 Å². The van der Waals surface area contributed by atoms with E-state index in [-0.39, 0.29) is 0 Å². The topological polar surface area (TPSA) is 80.9 Å². The van der Waals surface area contributed by atoms with E-state index in [1.807, 2.05) is 25.3 Å². The Morgan fingerprint density at radius 2 is 2.30 bits per heavy atom. The molecule has 0 fully saturated rings. The van der Waals surface area contributed by atoms with Crippen molar-refractivity contribution in [2.75, 3.05) is 0 Å². The van der Waals surface area contributed by atoms with Crippen molar-refractivity contribution in [2.45, 2.75) is 26.8 Å². The first-order valence-corrected chi connectivity index (χ1v) is 8.16. The van der Waals surface area contributed by atoms with Gasteiger partial charge in [0, 0.05) is 10.9 Å². The second-order valence-corrected chi connectivity index (χ2v) is 7.79. The fraction of sp³-hybridized carbons (Fsp3) is 0.500. The summed E-state index contributed by atoms with van der Waals surface area (Å²) in [6.45, 7) is 4.32. The van der Waals surface area contributed by atoms with Crippen LogP contribution in [0.5, 0.6) is 0 Å². The summed E-state index contributed by atoms with van der Waals surface area (Å²) in [6, 6.07) is 1.99. The number of hydrogen-bond donors (Lipinski definition) is 1. The van der Waals surface area contributed by atoms with Crippen LogP contribution in [0, 0.1) is 14.7 Å². The predicted molar refractivity (Wildman–Crippen MR) is 84.4 cm³/mol. The van der Waals surface area contributed by atoms with Crippen molar-refractivity contribution in [3.63, 3.8) is 0 Å². The Bertz CT molecular complexity index is 596. The third-order valence-electron chi connectivity index (χ3n) is 2.86. The number of carbonyl (C=O) groups is 1. The summed E-state index contributed by atoms with van der Waals surface area (Å²) in [6.07, 6.45) is 0.607. The molecule has 108 valence electrons. The zero-order chi connectivity index (χ0) is 14.7. The highest BCUT2D eigenvalue weighted by Gasteiger charge is 2.22. The van der Waals surface area contributed by atoms with Crippen LogP contribution in [0.15, 0.2) is 11.4 Å². The highest BCUT2D eigenvalue weighted by atomic mass is 127. The van der Waals surface area contributed by atoms with Crippen molar-refractivity contribution < 1.29 is 9.90 Å². The van der Waals surface area contributed by atoms with Crippen LogP contribution in [-0.2, 0) is 11.3 Å². The quantitative estimate of drug-likeness (QED) is 0.747. The molecule has 6 nitrogen and oxygen atoms in total. The molecule has 1 unspecified atom stereocenters. The van der Waals surface area contributed by atoms with Crippen LogP contribution in [0.25, 0.3) is 11.4 Å². The minimum atomic E-state index is -0.806. The van der Waals surface area contributed by atoms with Crippen molar-refractivity contribution in [3.05, 3.63) is 14.3 Å². The molecule has 0 spiro atoms. The largest absolute Gasteiger partial charge is 0.481 e. The molecule has 8 heteroatoms. The molecule has 0 saturated heterocycles. The predicted octanol–water partition coefficient (Wildman–Crippen LogP) is 2.75. The number of rotatable bonds is 6. The fourth-order valence-electron chi connectivity index (χ4n) is 1.99. The van der Waals surface area contributed by atoms with Crippen LogP contribution >= 0.6 is 33.9 Å². The third kappa shape index (κ3) is 3.75. The van der Waals surface area contributed by atoms with Crippen molar-refractivity contribution in [3.8, 4) is 11.4 Å². The number of aromatic nitrogens is 4. The highest BCUT2D eigenvalue weighted by Crippen LogP contribution is 2.25. The SMILES string of the molecule is CC(C)CC(Cn1nnnc1-c1csc(I)c1)C(=O)O. The zero-order valence-electron chi connectivity index (χ0n) is 11.2. The van der Waals surface area contributed by atoms with Crippen molar-refractivity contribution >= 4 is 39.9 Å². The lowest BCUT2D eigenvalue weighted by atomic mass is 9.97. The number of halogens is 1. The Labute approximate surface area is 134 Å². The smallest absolute Gasteiger partial charge is 0.308 e. The van der Waals surface area contributed by atoms with E-state index >= 15 is 0 Å². The molecule has 20 heavy (non-hydrogen) atoms. The first kappa shape index (κ1) is 15.4. The average Bonchev–Trinajstić information content (AvgIpc) is 2.96. The molecule has 0 aliphatic heterocycles. The maximum absolute atomic E-state index is 11.3. The van der Waals surface area contributed by atoms with Crippen LogP contribution in [0.2, 0.25) is 0 Å². The van der Waals surface area contributed by atoms with E-state index in [4.69, 9.17) is 0 Å². The molecular formula is C12H15IN4O2S. The van der Waals surface area contributed by atoms with Crippen LogP contribution in [-0.4, -0.2) is 31.3 Å². The van der Waals surface area contributed by atoms with Crippen LogP contribution in [0.4, 0.5) is 0 Å². The van der Waals surface area contributed by atoms with Crippen molar-refractivity contribution in [2.24, 2.45) is 11.8 Å². The first-order valence-electron chi connectivity index (χ1n) is 6.20. The summed E-state index contributed by atoms with van der Waals surface area (Å²) in [5, 5.41) is 22.9. The zero-order valence-corrected chi connectivity index (χ0v) is 14.1. The van der Waals surface area contributed by atoms with Gasteiger partial charge < -0.3 is 5.11 Å². The van der Waals surface area contributed by atoms with E-state index in [1.165, 1.54) is 0 Å². The van der Waals surface area contributed by atoms with Gasteiger partial charge in [-0.05, 0) is 51.4 Å². The number of carboxylic acids is 1. The molecule has 2 aromatic rings. The van der Waals surface area contributed by atoms with Gasteiger partial charge in [0.05, 0.1) is 15.3 Å². The molecule has 0 aliphatic rings. The Morgan fingerprint density at radius 1 is 1.55 bits per heavy atom. The van der Waals surface area contributed by atoms with Gasteiger partial charge in [-0.15, -0.1) is 16.4 Å². The normalized spacial score (nSPS) is 12.8. The van der Waals surface area contributed by atoms with E-state index < -0.39 is 11.9 Å². The maximum atomic E-state index is 11.3. The minimum absolute atomic E-state index is 0.294. The van der Waals surface area contributed by atoms with Crippen LogP contribution < -0.4 is 0 Å². The molecule has 0 aliphatic carbocycles. The monoisotopic (exact) mass is 406 g/mol. The number of tetrazole rings is 1. The summed E-state index contributed by atoms with van der Waals surface area (Å²) in [5.74, 6) is -0.340. The Kier molecular flexibility index (Phi) is 5.08. The van der Waals surface area contributed by atoms with Crippen molar-refractivity contribution in [1.82, 2.24) is 20.2 Å². The van der Waals surface area contributed by atoms with Gasteiger partial charge in [0.15, 0.2) is 5.82 Å². The second-order valence-electron chi connectivity index (χ2n) is 4.99. The molecule has 0 aromatic carbocycles. The van der Waals surface area contributed by atoms with Gasteiger partial charge in [-0.2, -0.15) is 0 Å². The number of thiophene rings is 1. The van der Waals surface area contributed by atoms with Gasteiger partial charge in [0.2, 0.25) is 0 Å². The van der Waals surface area contributed by atoms with Crippen LogP contribution in [0.1, 0.15) is 20.3 Å². The molecule has 0 amide bonds. The Hall–Kier alpha value is -1.03. The van der Waals surface area contributed by atoms with E-state index in [0.29, 0.717) is 24.7 Å². The summed E-state index contributed by atoms with van der Waals surface area (Å²) < 4.78 is 2.73. The molecule has 1 atom stereocenters. The van der Waals surface area contributed by atoms with E-state index in [0.717, 1.165) is 8.45 Å². The second kappa shape index (κ2) is 6.61. The minimum Gasteiger partial charge on any atom is -0.481 e. The standard InChI is InChI=1S/C12H15IN4O2S/c1-7(2)3-8(12(18)19)5-17-11(14-15-16-17)9-4-10(13)20-6-9/h4,6-8H,3,5H2,1-2H3,(H,18,19).